The fraction of sp³-hybridized carbons (Fsp3) is 0.488. The molecule has 3 heterocycles. The molecule has 1 saturated heterocycles. The van der Waals surface area contributed by atoms with Gasteiger partial charge in [0.15, 0.2) is 0 Å². The van der Waals surface area contributed by atoms with Gasteiger partial charge in [0.2, 0.25) is 11.8 Å². The van der Waals surface area contributed by atoms with Gasteiger partial charge in [0.05, 0.1) is 36.9 Å². The summed E-state index contributed by atoms with van der Waals surface area (Å²) in [7, 11) is 2.89. The number of para-hydroxylation sites is 2. The zero-order valence-corrected chi connectivity index (χ0v) is 34.1. The largest absolute Gasteiger partial charge is 0.496 e. The van der Waals surface area contributed by atoms with E-state index in [1.54, 1.807) is 25.3 Å². The maximum atomic E-state index is 14.8. The molecule has 2 aliphatic rings. The van der Waals surface area contributed by atoms with Crippen LogP contribution in [0.2, 0.25) is 0 Å². The molecule has 0 radical (unpaired) electrons. The van der Waals surface area contributed by atoms with E-state index in [1.807, 2.05) is 58.2 Å². The normalized spacial score (nSPS) is 21.1. The van der Waals surface area contributed by atoms with Gasteiger partial charge in [-0.15, -0.1) is 11.3 Å². The van der Waals surface area contributed by atoms with Crippen molar-refractivity contribution in [1.82, 2.24) is 20.2 Å². The number of esters is 1. The third-order valence-electron chi connectivity index (χ3n) is 10.8. The number of thiazole rings is 1. The van der Waals surface area contributed by atoms with E-state index in [4.69, 9.17) is 24.2 Å². The number of rotatable bonds is 13. The Morgan fingerprint density at radius 2 is 1.84 bits per heavy atom. The average Bonchev–Trinajstić information content (AvgIpc) is 3.45. The standard InChI is InChI=1S/C41H50N6O8S/c1-10-24-19-41(24,39(50)54-9)45-36(48)31-17-25(20-46(31)38(49)35(40(5,6)7)43-27-13-11-12-14-30(27)47(51)52)55-33-18-28(37-44-29(21-56-37)22(2)3)42-34-23(4)32(53-8)16-15-26(33)34/h11-16,18,21-22,24-25,31,35,43H,10,17,19-20H2,1-9H3,(H,45,48)/t24-,25-,31+,35-,41-/m1/s1. The number of carbonyl (C=O) groups excluding carboxylic acids is 3. The predicted molar refractivity (Wildman–Crippen MR) is 214 cm³/mol. The number of benzene rings is 2. The maximum absolute atomic E-state index is 14.8. The van der Waals surface area contributed by atoms with Crippen LogP contribution >= 0.6 is 11.3 Å². The molecule has 298 valence electrons. The van der Waals surface area contributed by atoms with Crippen LogP contribution in [0.3, 0.4) is 0 Å². The first-order valence-electron chi connectivity index (χ1n) is 18.8. The number of likely N-dealkylation sites (tertiary alicyclic amines) is 1. The highest BCUT2D eigenvalue weighted by Crippen LogP contribution is 2.47. The van der Waals surface area contributed by atoms with Crippen molar-refractivity contribution in [3.63, 3.8) is 0 Å². The number of nitrogens with zero attached hydrogens (tertiary/aromatic N) is 4. The second-order valence-electron chi connectivity index (χ2n) is 16.0. The second-order valence-corrected chi connectivity index (χ2v) is 16.8. The van der Waals surface area contributed by atoms with Crippen molar-refractivity contribution in [2.45, 2.75) is 97.4 Å². The number of hydrogen-bond donors (Lipinski definition) is 2. The number of pyridine rings is 1. The van der Waals surface area contributed by atoms with Gasteiger partial charge in [-0.25, -0.2) is 14.8 Å². The minimum atomic E-state index is -1.18. The Kier molecular flexibility index (Phi) is 11.3. The summed E-state index contributed by atoms with van der Waals surface area (Å²) in [5.74, 6) is -0.201. The number of amides is 2. The molecule has 2 N–H and O–H groups in total. The Balaban J connectivity index is 1.40. The SMILES string of the molecule is CC[C@@H]1C[C@]1(NC(=O)[C@@H]1C[C@@H](Oc2cc(-c3nc(C(C)C)cs3)nc3c(C)c(OC)ccc23)CN1C(=O)[C@@H](Nc1ccccc1[N+](=O)[O-])C(C)(C)C)C(=O)OC. The lowest BCUT2D eigenvalue weighted by Crippen LogP contribution is -2.57. The number of nitrogens with one attached hydrogen (secondary N) is 2. The fourth-order valence-electron chi connectivity index (χ4n) is 7.52. The number of nitro groups is 1. The highest BCUT2D eigenvalue weighted by atomic mass is 32.1. The van der Waals surface area contributed by atoms with Crippen molar-refractivity contribution in [3.8, 4) is 22.2 Å². The first kappa shape index (κ1) is 40.4. The van der Waals surface area contributed by atoms with Crippen LogP contribution in [-0.2, 0) is 19.1 Å². The third-order valence-corrected chi connectivity index (χ3v) is 11.7. The van der Waals surface area contributed by atoms with Gasteiger partial charge in [0, 0.05) is 34.9 Å². The molecule has 2 aromatic carbocycles. The summed E-state index contributed by atoms with van der Waals surface area (Å²) in [5, 5.41) is 21.5. The lowest BCUT2D eigenvalue weighted by Gasteiger charge is -2.36. The molecule has 1 saturated carbocycles. The number of ether oxygens (including phenoxy) is 3. The number of nitro benzene ring substituents is 1. The van der Waals surface area contributed by atoms with Gasteiger partial charge in [-0.2, -0.15) is 0 Å². The van der Waals surface area contributed by atoms with Crippen molar-refractivity contribution in [2.24, 2.45) is 11.3 Å². The number of methoxy groups -OCH3 is 2. The quantitative estimate of drug-likeness (QED) is 0.0808. The van der Waals surface area contributed by atoms with Crippen molar-refractivity contribution in [2.75, 3.05) is 26.1 Å². The fourth-order valence-corrected chi connectivity index (χ4v) is 8.46. The predicted octanol–water partition coefficient (Wildman–Crippen LogP) is 7.04. The van der Waals surface area contributed by atoms with Crippen LogP contribution in [0.1, 0.15) is 78.0 Å². The highest BCUT2D eigenvalue weighted by molar-refractivity contribution is 7.13. The molecule has 0 unspecified atom stereocenters. The van der Waals surface area contributed by atoms with E-state index < -0.39 is 51.8 Å². The minimum Gasteiger partial charge on any atom is -0.496 e. The van der Waals surface area contributed by atoms with Crippen LogP contribution in [0.5, 0.6) is 11.5 Å². The zero-order chi connectivity index (χ0) is 40.7. The Morgan fingerprint density at radius 1 is 1.11 bits per heavy atom. The molecule has 0 spiro atoms. The smallest absolute Gasteiger partial charge is 0.331 e. The van der Waals surface area contributed by atoms with Gasteiger partial charge in [0.1, 0.15) is 51.6 Å². The molecular weight excluding hydrogens is 737 g/mol. The first-order chi connectivity index (χ1) is 26.5. The monoisotopic (exact) mass is 786 g/mol. The number of anilines is 1. The Labute approximate surface area is 330 Å². The van der Waals surface area contributed by atoms with Crippen molar-refractivity contribution in [3.05, 3.63) is 69.2 Å². The highest BCUT2D eigenvalue weighted by Gasteiger charge is 2.62. The van der Waals surface area contributed by atoms with E-state index in [2.05, 4.69) is 24.5 Å². The summed E-state index contributed by atoms with van der Waals surface area (Å²) in [5.41, 5.74) is 1.10. The molecule has 1 aliphatic heterocycles. The number of carbonyl (C=O) groups is 3. The minimum absolute atomic E-state index is 0.0214. The molecule has 0 bridgehead atoms. The van der Waals surface area contributed by atoms with E-state index in [-0.39, 0.29) is 36.2 Å². The van der Waals surface area contributed by atoms with Crippen LogP contribution in [0.25, 0.3) is 21.6 Å². The second kappa shape index (κ2) is 15.7. The number of aromatic nitrogens is 2. The summed E-state index contributed by atoms with van der Waals surface area (Å²) in [6.45, 7) is 13.6. The number of hydrogen-bond acceptors (Lipinski definition) is 12. The molecule has 1 aliphatic carbocycles. The third kappa shape index (κ3) is 7.73. The van der Waals surface area contributed by atoms with Crippen LogP contribution < -0.4 is 20.1 Å². The molecule has 4 aromatic rings. The van der Waals surface area contributed by atoms with Crippen LogP contribution in [0.4, 0.5) is 11.4 Å². The van der Waals surface area contributed by atoms with Crippen molar-refractivity contribution in [1.29, 1.82) is 0 Å². The van der Waals surface area contributed by atoms with Crippen LogP contribution in [0.15, 0.2) is 47.8 Å². The number of aryl methyl sites for hydroxylation is 1. The molecule has 15 heteroatoms. The Bertz CT molecular complexity index is 2170. The van der Waals surface area contributed by atoms with Gasteiger partial charge >= 0.3 is 5.97 Å². The summed E-state index contributed by atoms with van der Waals surface area (Å²) in [6, 6.07) is 9.68. The van der Waals surface area contributed by atoms with Gasteiger partial charge in [-0.05, 0) is 48.8 Å². The van der Waals surface area contributed by atoms with Gasteiger partial charge in [0.25, 0.3) is 5.69 Å². The van der Waals surface area contributed by atoms with E-state index in [0.29, 0.717) is 35.6 Å². The van der Waals surface area contributed by atoms with Crippen molar-refractivity contribution < 1.29 is 33.5 Å². The first-order valence-corrected chi connectivity index (χ1v) is 19.7. The molecule has 2 fully saturated rings. The van der Waals surface area contributed by atoms with Crippen LogP contribution in [-0.4, -0.2) is 82.1 Å². The molecule has 6 rings (SSSR count). The van der Waals surface area contributed by atoms with Gasteiger partial charge < -0.3 is 29.7 Å². The summed E-state index contributed by atoms with van der Waals surface area (Å²) in [6.07, 6.45) is 0.521. The lowest BCUT2D eigenvalue weighted by atomic mass is 9.85. The summed E-state index contributed by atoms with van der Waals surface area (Å²) < 4.78 is 17.5. The molecular formula is C41H50N6O8S. The van der Waals surface area contributed by atoms with Crippen LogP contribution in [0, 0.1) is 28.4 Å². The molecule has 14 nitrogen and oxygen atoms in total. The molecule has 5 atom stereocenters. The van der Waals surface area contributed by atoms with E-state index in [0.717, 1.165) is 21.7 Å². The molecule has 2 aromatic heterocycles. The topological polar surface area (TPSA) is 175 Å². The summed E-state index contributed by atoms with van der Waals surface area (Å²) >= 11 is 1.49. The maximum Gasteiger partial charge on any atom is 0.331 e. The van der Waals surface area contributed by atoms with Gasteiger partial charge in [-0.1, -0.05) is 60.1 Å². The van der Waals surface area contributed by atoms with Crippen molar-refractivity contribution >= 4 is 51.4 Å². The summed E-state index contributed by atoms with van der Waals surface area (Å²) in [4.78, 5) is 65.0. The Hall–Kier alpha value is -5.31. The zero-order valence-electron chi connectivity index (χ0n) is 33.3. The lowest BCUT2D eigenvalue weighted by molar-refractivity contribution is -0.384. The Morgan fingerprint density at radius 3 is 2.45 bits per heavy atom. The van der Waals surface area contributed by atoms with E-state index in [1.165, 1.54) is 29.4 Å². The van der Waals surface area contributed by atoms with Gasteiger partial charge in [-0.3, -0.25) is 19.7 Å². The number of fused-ring (bicyclic) bond motifs is 1. The average molecular weight is 787 g/mol. The van der Waals surface area contributed by atoms with E-state index >= 15 is 0 Å². The molecule has 56 heavy (non-hydrogen) atoms. The van der Waals surface area contributed by atoms with E-state index in [9.17, 15) is 24.5 Å². The molecule has 2 amide bonds.